The van der Waals surface area contributed by atoms with Gasteiger partial charge in [0.15, 0.2) is 0 Å². The zero-order valence-corrected chi connectivity index (χ0v) is 13.2. The molecule has 0 nitrogen and oxygen atoms in total. The van der Waals surface area contributed by atoms with E-state index in [9.17, 15) is 0 Å². The fourth-order valence-corrected chi connectivity index (χ4v) is 2.70. The maximum absolute atomic E-state index is 5.89. The van der Waals surface area contributed by atoms with E-state index < -0.39 is 0 Å². The van der Waals surface area contributed by atoms with E-state index in [1.807, 2.05) is 24.3 Å². The molecule has 0 aromatic heterocycles. The van der Waals surface area contributed by atoms with Crippen LogP contribution in [-0.4, -0.2) is 0 Å². The third kappa shape index (κ3) is 3.12. The lowest BCUT2D eigenvalue weighted by atomic mass is 10.0. The maximum atomic E-state index is 5.89. The summed E-state index contributed by atoms with van der Waals surface area (Å²) in [5.74, 6) is 0. The molecule has 3 heteroatoms. The molecular formula is C14H11Br2Cl. The second kappa shape index (κ2) is 5.55. The van der Waals surface area contributed by atoms with Crippen LogP contribution < -0.4 is 0 Å². The molecule has 88 valence electrons. The molecule has 0 amide bonds. The van der Waals surface area contributed by atoms with E-state index in [4.69, 9.17) is 11.6 Å². The lowest BCUT2D eigenvalue weighted by Crippen LogP contribution is -1.93. The smallest absolute Gasteiger partial charge is 0.0645 e. The summed E-state index contributed by atoms with van der Waals surface area (Å²) in [6.45, 7) is 2.08. The molecule has 1 atom stereocenters. The van der Waals surface area contributed by atoms with Crippen molar-refractivity contribution in [2.24, 2.45) is 0 Å². The Labute approximate surface area is 123 Å². The van der Waals surface area contributed by atoms with Crippen LogP contribution in [-0.2, 0) is 0 Å². The Kier molecular flexibility index (Phi) is 4.29. The number of halogens is 3. The number of hydrogen-bond acceptors (Lipinski definition) is 0. The van der Waals surface area contributed by atoms with Crippen LogP contribution in [0.1, 0.15) is 21.5 Å². The molecule has 17 heavy (non-hydrogen) atoms. The Balaban J connectivity index is 2.33. The van der Waals surface area contributed by atoms with Gasteiger partial charge in [0.1, 0.15) is 0 Å². The molecule has 0 radical (unpaired) electrons. The van der Waals surface area contributed by atoms with Gasteiger partial charge in [0.2, 0.25) is 0 Å². The third-order valence-electron chi connectivity index (χ3n) is 2.65. The van der Waals surface area contributed by atoms with E-state index in [0.717, 1.165) is 9.50 Å². The summed E-state index contributed by atoms with van der Waals surface area (Å²) in [6, 6.07) is 14.3. The lowest BCUT2D eigenvalue weighted by Gasteiger charge is -2.12. The van der Waals surface area contributed by atoms with Crippen LogP contribution in [0, 0.1) is 6.92 Å². The predicted molar refractivity (Wildman–Crippen MR) is 81.1 cm³/mol. The molecule has 0 bridgehead atoms. The van der Waals surface area contributed by atoms with E-state index in [2.05, 4.69) is 57.0 Å². The second-order valence-electron chi connectivity index (χ2n) is 3.92. The van der Waals surface area contributed by atoms with Gasteiger partial charge in [0.05, 0.1) is 4.83 Å². The summed E-state index contributed by atoms with van der Waals surface area (Å²) in [6.07, 6.45) is 0. The third-order valence-corrected chi connectivity index (χ3v) is 4.81. The molecule has 2 rings (SSSR count). The largest absolute Gasteiger partial charge is 0.0843 e. The average Bonchev–Trinajstić information content (AvgIpc) is 2.33. The molecule has 0 fully saturated rings. The van der Waals surface area contributed by atoms with Crippen LogP contribution in [0.2, 0.25) is 5.02 Å². The quantitative estimate of drug-likeness (QED) is 0.575. The molecule has 0 heterocycles. The van der Waals surface area contributed by atoms with Gasteiger partial charge in [-0.3, -0.25) is 0 Å². The van der Waals surface area contributed by atoms with Crippen molar-refractivity contribution in [3.63, 3.8) is 0 Å². The Bertz CT molecular complexity index is 520. The summed E-state index contributed by atoms with van der Waals surface area (Å²) in [4.78, 5) is 0.191. The van der Waals surface area contributed by atoms with Crippen molar-refractivity contribution in [3.8, 4) is 0 Å². The summed E-state index contributed by atoms with van der Waals surface area (Å²) < 4.78 is 1.13. The van der Waals surface area contributed by atoms with Crippen molar-refractivity contribution in [2.45, 2.75) is 11.8 Å². The highest BCUT2D eigenvalue weighted by Gasteiger charge is 2.11. The molecule has 0 aliphatic heterocycles. The first-order valence-corrected chi connectivity index (χ1v) is 7.32. The Hall–Kier alpha value is -0.310. The fourth-order valence-electron chi connectivity index (χ4n) is 1.59. The minimum atomic E-state index is 0.191. The van der Waals surface area contributed by atoms with Crippen molar-refractivity contribution in [3.05, 3.63) is 68.7 Å². The highest BCUT2D eigenvalue weighted by atomic mass is 79.9. The Morgan fingerprint density at radius 2 is 1.59 bits per heavy atom. The summed E-state index contributed by atoms with van der Waals surface area (Å²) in [5, 5.41) is 0.763. The van der Waals surface area contributed by atoms with Gasteiger partial charge < -0.3 is 0 Å². The second-order valence-corrected chi connectivity index (χ2v) is 6.13. The van der Waals surface area contributed by atoms with Crippen LogP contribution in [0.4, 0.5) is 0 Å². The van der Waals surface area contributed by atoms with Crippen molar-refractivity contribution in [1.29, 1.82) is 0 Å². The van der Waals surface area contributed by atoms with Crippen molar-refractivity contribution in [1.82, 2.24) is 0 Å². The van der Waals surface area contributed by atoms with Gasteiger partial charge in [-0.1, -0.05) is 67.7 Å². The van der Waals surface area contributed by atoms with Gasteiger partial charge in [-0.2, -0.15) is 0 Å². The molecule has 0 spiro atoms. The minimum Gasteiger partial charge on any atom is -0.0843 e. The van der Waals surface area contributed by atoms with E-state index in [0.29, 0.717) is 0 Å². The Morgan fingerprint density at radius 3 is 2.18 bits per heavy atom. The van der Waals surface area contributed by atoms with Crippen LogP contribution in [0.15, 0.2) is 46.9 Å². The highest BCUT2D eigenvalue weighted by Crippen LogP contribution is 2.33. The zero-order chi connectivity index (χ0) is 12.4. The van der Waals surface area contributed by atoms with Gasteiger partial charge in [0, 0.05) is 9.50 Å². The number of benzene rings is 2. The van der Waals surface area contributed by atoms with Gasteiger partial charge in [-0.15, -0.1) is 0 Å². The molecule has 2 aromatic rings. The molecule has 0 saturated carbocycles. The molecule has 0 aliphatic rings. The van der Waals surface area contributed by atoms with E-state index >= 15 is 0 Å². The molecule has 0 N–H and O–H groups in total. The normalized spacial score (nSPS) is 12.5. The number of rotatable bonds is 2. The van der Waals surface area contributed by atoms with E-state index in [-0.39, 0.29) is 4.83 Å². The summed E-state index contributed by atoms with van der Waals surface area (Å²) >= 11 is 13.2. The van der Waals surface area contributed by atoms with Gasteiger partial charge in [-0.25, -0.2) is 0 Å². The average molecular weight is 375 g/mol. The van der Waals surface area contributed by atoms with Crippen LogP contribution in [0.3, 0.4) is 0 Å². The molecule has 1 unspecified atom stereocenters. The highest BCUT2D eigenvalue weighted by molar-refractivity contribution is 9.10. The Morgan fingerprint density at radius 1 is 1.00 bits per heavy atom. The first kappa shape index (κ1) is 13.1. The molecule has 0 saturated heterocycles. The number of hydrogen-bond donors (Lipinski definition) is 0. The molecule has 2 aromatic carbocycles. The predicted octanol–water partition coefficient (Wildman–Crippen LogP) is 5.90. The standard InChI is InChI=1S/C14H11Br2Cl/c1-9-2-3-11(8-13(9)15)14(16)10-4-6-12(17)7-5-10/h2-8,14H,1H3. The van der Waals surface area contributed by atoms with Crippen molar-refractivity contribution in [2.75, 3.05) is 0 Å². The first-order valence-electron chi connectivity index (χ1n) is 5.23. The van der Waals surface area contributed by atoms with E-state index in [1.165, 1.54) is 16.7 Å². The lowest BCUT2D eigenvalue weighted by molar-refractivity contribution is 1.17. The summed E-state index contributed by atoms with van der Waals surface area (Å²) in [7, 11) is 0. The fraction of sp³-hybridized carbons (Fsp3) is 0.143. The van der Waals surface area contributed by atoms with Crippen molar-refractivity contribution >= 4 is 43.5 Å². The molecule has 0 aliphatic carbocycles. The number of alkyl halides is 1. The SMILES string of the molecule is Cc1ccc(C(Br)c2ccc(Cl)cc2)cc1Br. The minimum absolute atomic E-state index is 0.191. The monoisotopic (exact) mass is 372 g/mol. The van der Waals surface area contributed by atoms with Crippen LogP contribution >= 0.6 is 43.5 Å². The van der Waals surface area contributed by atoms with Crippen LogP contribution in [0.25, 0.3) is 0 Å². The van der Waals surface area contributed by atoms with Gasteiger partial charge in [0.25, 0.3) is 0 Å². The topological polar surface area (TPSA) is 0 Å². The maximum Gasteiger partial charge on any atom is 0.0645 e. The molecular weight excluding hydrogens is 363 g/mol. The first-order chi connectivity index (χ1) is 8.08. The summed E-state index contributed by atoms with van der Waals surface area (Å²) in [5.41, 5.74) is 3.67. The van der Waals surface area contributed by atoms with Crippen molar-refractivity contribution < 1.29 is 0 Å². The van der Waals surface area contributed by atoms with Crippen LogP contribution in [0.5, 0.6) is 0 Å². The van der Waals surface area contributed by atoms with E-state index in [1.54, 1.807) is 0 Å². The zero-order valence-electron chi connectivity index (χ0n) is 9.25. The number of aryl methyl sites for hydroxylation is 1. The van der Waals surface area contributed by atoms with Gasteiger partial charge >= 0.3 is 0 Å². The van der Waals surface area contributed by atoms with Gasteiger partial charge in [-0.05, 0) is 41.8 Å².